The Balaban J connectivity index is 1.45. The lowest BCUT2D eigenvalue weighted by Gasteiger charge is -2.32. The van der Waals surface area contributed by atoms with E-state index in [1.807, 2.05) is 24.3 Å². The molecule has 2 aromatic carbocycles. The van der Waals surface area contributed by atoms with Gasteiger partial charge in [0.1, 0.15) is 5.75 Å². The van der Waals surface area contributed by atoms with Crippen molar-refractivity contribution < 1.29 is 23.8 Å². The molecule has 0 saturated carbocycles. The van der Waals surface area contributed by atoms with Gasteiger partial charge in [0.05, 0.1) is 14.2 Å². The van der Waals surface area contributed by atoms with Crippen LogP contribution >= 0.6 is 0 Å². The Labute approximate surface area is 183 Å². The molecule has 3 rings (SSSR count). The molecule has 31 heavy (non-hydrogen) atoms. The zero-order chi connectivity index (χ0) is 22.2. The van der Waals surface area contributed by atoms with Gasteiger partial charge in [-0.2, -0.15) is 0 Å². The molecule has 0 unspecified atom stereocenters. The maximum Gasteiger partial charge on any atom is 0.258 e. The summed E-state index contributed by atoms with van der Waals surface area (Å²) in [7, 11) is 3.11. The molecule has 7 heteroatoms. The van der Waals surface area contributed by atoms with Gasteiger partial charge in [-0.15, -0.1) is 0 Å². The lowest BCUT2D eigenvalue weighted by molar-refractivity contribution is -0.124. The molecule has 166 valence electrons. The summed E-state index contributed by atoms with van der Waals surface area (Å²) >= 11 is 0. The van der Waals surface area contributed by atoms with Crippen molar-refractivity contribution in [3.8, 4) is 17.2 Å². The summed E-state index contributed by atoms with van der Waals surface area (Å²) in [4.78, 5) is 26.9. The van der Waals surface area contributed by atoms with Crippen molar-refractivity contribution >= 4 is 11.8 Å². The largest absolute Gasteiger partial charge is 0.493 e. The minimum absolute atomic E-state index is 0.0176. The van der Waals surface area contributed by atoms with Crippen LogP contribution in [0, 0.1) is 0 Å². The van der Waals surface area contributed by atoms with E-state index in [4.69, 9.17) is 14.2 Å². The van der Waals surface area contributed by atoms with Crippen LogP contribution in [0.1, 0.15) is 35.7 Å². The number of hydrogen-bond donors (Lipinski definition) is 1. The number of nitrogens with one attached hydrogen (secondary N) is 1. The zero-order valence-electron chi connectivity index (χ0n) is 18.3. The first-order valence-electron chi connectivity index (χ1n) is 10.6. The Bertz CT molecular complexity index is 889. The van der Waals surface area contributed by atoms with E-state index in [1.54, 1.807) is 37.3 Å². The van der Waals surface area contributed by atoms with Crippen molar-refractivity contribution in [2.45, 2.75) is 32.2 Å². The lowest BCUT2D eigenvalue weighted by Crippen LogP contribution is -2.47. The van der Waals surface area contributed by atoms with Crippen LogP contribution in [0.15, 0.2) is 42.5 Å². The van der Waals surface area contributed by atoms with Crippen molar-refractivity contribution in [2.24, 2.45) is 0 Å². The number of likely N-dealkylation sites (tertiary alicyclic amines) is 1. The number of rotatable bonds is 8. The summed E-state index contributed by atoms with van der Waals surface area (Å²) in [5, 5.41) is 3.01. The first kappa shape index (κ1) is 22.5. The van der Waals surface area contributed by atoms with Crippen molar-refractivity contribution in [3.63, 3.8) is 0 Å². The summed E-state index contributed by atoms with van der Waals surface area (Å²) in [6.45, 7) is 3.24. The molecule has 2 amide bonds. The number of ether oxygens (including phenoxy) is 3. The zero-order valence-corrected chi connectivity index (χ0v) is 18.3. The van der Waals surface area contributed by atoms with Crippen molar-refractivity contribution in [1.29, 1.82) is 0 Å². The van der Waals surface area contributed by atoms with Crippen molar-refractivity contribution in [2.75, 3.05) is 33.9 Å². The van der Waals surface area contributed by atoms with E-state index in [2.05, 4.69) is 12.2 Å². The molecule has 1 saturated heterocycles. The number of aryl methyl sites for hydroxylation is 1. The molecule has 0 atom stereocenters. The van der Waals surface area contributed by atoms with E-state index in [-0.39, 0.29) is 24.5 Å². The Morgan fingerprint density at radius 3 is 2.29 bits per heavy atom. The molecule has 7 nitrogen and oxygen atoms in total. The monoisotopic (exact) mass is 426 g/mol. The summed E-state index contributed by atoms with van der Waals surface area (Å²) in [5.41, 5.74) is 1.79. The van der Waals surface area contributed by atoms with E-state index in [1.165, 1.54) is 5.56 Å². The van der Waals surface area contributed by atoms with Crippen LogP contribution in [0.4, 0.5) is 0 Å². The van der Waals surface area contributed by atoms with Crippen LogP contribution in [-0.2, 0) is 11.2 Å². The fraction of sp³-hybridized carbons (Fsp3) is 0.417. The molecule has 1 N–H and O–H groups in total. The molecule has 0 aliphatic carbocycles. The maximum atomic E-state index is 12.8. The van der Waals surface area contributed by atoms with Gasteiger partial charge in [-0.1, -0.05) is 19.1 Å². The third-order valence-corrected chi connectivity index (χ3v) is 5.48. The number of nitrogens with zero attached hydrogens (tertiary/aromatic N) is 1. The highest BCUT2D eigenvalue weighted by atomic mass is 16.5. The van der Waals surface area contributed by atoms with E-state index >= 15 is 0 Å². The Hall–Kier alpha value is -3.22. The highest BCUT2D eigenvalue weighted by Crippen LogP contribution is 2.28. The summed E-state index contributed by atoms with van der Waals surface area (Å²) in [6, 6.07) is 13.0. The quantitative estimate of drug-likeness (QED) is 0.702. The van der Waals surface area contributed by atoms with Gasteiger partial charge in [0, 0.05) is 24.7 Å². The van der Waals surface area contributed by atoms with Gasteiger partial charge in [-0.05, 0) is 55.2 Å². The van der Waals surface area contributed by atoms with Gasteiger partial charge in [-0.25, -0.2) is 0 Å². The number of benzene rings is 2. The molecule has 1 aliphatic rings. The predicted molar refractivity (Wildman–Crippen MR) is 118 cm³/mol. The average Bonchev–Trinajstić information content (AvgIpc) is 2.82. The summed E-state index contributed by atoms with van der Waals surface area (Å²) in [5.74, 6) is 1.60. The Morgan fingerprint density at radius 1 is 1.00 bits per heavy atom. The molecule has 0 bridgehead atoms. The Kier molecular flexibility index (Phi) is 7.76. The van der Waals surface area contributed by atoms with Crippen molar-refractivity contribution in [3.05, 3.63) is 53.6 Å². The third-order valence-electron chi connectivity index (χ3n) is 5.48. The van der Waals surface area contributed by atoms with E-state index < -0.39 is 0 Å². The number of amides is 2. The normalized spacial score (nSPS) is 14.1. The number of carbonyl (C=O) groups excluding carboxylic acids is 2. The molecule has 0 aromatic heterocycles. The second-order valence-electron chi connectivity index (χ2n) is 7.49. The van der Waals surface area contributed by atoms with Gasteiger partial charge in [0.15, 0.2) is 18.1 Å². The number of carbonyl (C=O) groups is 2. The molecule has 1 fully saturated rings. The molecule has 1 heterocycles. The van der Waals surface area contributed by atoms with Crippen LogP contribution in [-0.4, -0.2) is 56.7 Å². The van der Waals surface area contributed by atoms with Gasteiger partial charge in [-0.3, -0.25) is 9.59 Å². The van der Waals surface area contributed by atoms with E-state index in [9.17, 15) is 9.59 Å². The van der Waals surface area contributed by atoms with Crippen LogP contribution in [0.5, 0.6) is 17.2 Å². The average molecular weight is 427 g/mol. The number of hydrogen-bond acceptors (Lipinski definition) is 5. The van der Waals surface area contributed by atoms with Crippen LogP contribution < -0.4 is 19.5 Å². The summed E-state index contributed by atoms with van der Waals surface area (Å²) in [6.07, 6.45) is 2.37. The second kappa shape index (κ2) is 10.7. The number of piperidine rings is 1. The maximum absolute atomic E-state index is 12.8. The smallest absolute Gasteiger partial charge is 0.258 e. The second-order valence-corrected chi connectivity index (χ2v) is 7.49. The molecule has 1 aliphatic heterocycles. The van der Waals surface area contributed by atoms with Gasteiger partial charge in [0.25, 0.3) is 11.8 Å². The van der Waals surface area contributed by atoms with E-state index in [0.717, 1.165) is 6.42 Å². The molecular weight excluding hydrogens is 396 g/mol. The molecular formula is C24H30N2O5. The fourth-order valence-electron chi connectivity index (χ4n) is 3.62. The standard InChI is InChI=1S/C24H30N2O5/c1-4-17-5-8-20(9-6-17)31-16-23(27)25-19-11-13-26(14-12-19)24(28)18-7-10-21(29-2)22(15-18)30-3/h5-10,15,19H,4,11-14,16H2,1-3H3,(H,25,27). The topological polar surface area (TPSA) is 77.1 Å². The van der Waals surface area contributed by atoms with Crippen LogP contribution in [0.25, 0.3) is 0 Å². The van der Waals surface area contributed by atoms with Crippen LogP contribution in [0.2, 0.25) is 0 Å². The number of methoxy groups -OCH3 is 2. The highest BCUT2D eigenvalue weighted by molar-refractivity contribution is 5.95. The fourth-order valence-corrected chi connectivity index (χ4v) is 3.62. The van der Waals surface area contributed by atoms with Crippen molar-refractivity contribution in [1.82, 2.24) is 10.2 Å². The SMILES string of the molecule is CCc1ccc(OCC(=O)NC2CCN(C(=O)c3ccc(OC)c(OC)c3)CC2)cc1. The van der Waals surface area contributed by atoms with Gasteiger partial charge < -0.3 is 24.4 Å². The van der Waals surface area contributed by atoms with Gasteiger partial charge >= 0.3 is 0 Å². The minimum Gasteiger partial charge on any atom is -0.493 e. The molecule has 0 spiro atoms. The van der Waals surface area contributed by atoms with Gasteiger partial charge in [0.2, 0.25) is 0 Å². The first-order chi connectivity index (χ1) is 15.0. The van der Waals surface area contributed by atoms with E-state index in [0.29, 0.717) is 48.7 Å². The van der Waals surface area contributed by atoms with Crippen LogP contribution in [0.3, 0.4) is 0 Å². The molecule has 2 aromatic rings. The third kappa shape index (κ3) is 5.90. The highest BCUT2D eigenvalue weighted by Gasteiger charge is 2.25. The minimum atomic E-state index is -0.149. The first-order valence-corrected chi connectivity index (χ1v) is 10.6. The molecule has 0 radical (unpaired) electrons. The lowest BCUT2D eigenvalue weighted by atomic mass is 10.0. The summed E-state index contributed by atoms with van der Waals surface area (Å²) < 4.78 is 16.1. The Morgan fingerprint density at radius 2 is 1.68 bits per heavy atom. The predicted octanol–water partition coefficient (Wildman–Crippen LogP) is 3.07.